The fraction of sp³-hybridized carbons (Fsp3) is 0.625. The van der Waals surface area contributed by atoms with Gasteiger partial charge in [-0.3, -0.25) is 0 Å². The van der Waals surface area contributed by atoms with Crippen molar-refractivity contribution in [2.75, 3.05) is 5.75 Å². The summed E-state index contributed by atoms with van der Waals surface area (Å²) in [5.41, 5.74) is 0.737. The van der Waals surface area contributed by atoms with E-state index in [1.54, 1.807) is 0 Å². The normalized spacial score (nSPS) is 49.8. The summed E-state index contributed by atoms with van der Waals surface area (Å²) in [4.78, 5) is 1.21. The molecule has 1 saturated heterocycles. The first-order chi connectivity index (χ1) is 8.98. The zero-order chi connectivity index (χ0) is 13.3. The molecule has 0 amide bonds. The molecule has 104 valence electrons. The summed E-state index contributed by atoms with van der Waals surface area (Å²) in [7, 11) is 5.39. The highest BCUT2D eigenvalue weighted by molar-refractivity contribution is 8.48. The third-order valence-corrected chi connectivity index (χ3v) is 9.64. The van der Waals surface area contributed by atoms with Crippen molar-refractivity contribution in [1.82, 2.24) is 0 Å². The second-order valence-corrected chi connectivity index (χ2v) is 10.6. The van der Waals surface area contributed by atoms with Crippen LogP contribution in [0.5, 0.6) is 0 Å². The van der Waals surface area contributed by atoms with Crippen LogP contribution < -0.4 is 0 Å². The van der Waals surface area contributed by atoms with Crippen molar-refractivity contribution in [3.8, 4) is 0 Å². The van der Waals surface area contributed by atoms with Crippen molar-refractivity contribution < 1.29 is 4.18 Å². The number of hydrogen-bond donors (Lipinski definition) is 0. The first-order valence-corrected chi connectivity index (χ1v) is 9.77. The molecule has 0 aromatic heterocycles. The largest absolute Gasteiger partial charge is 0.315 e. The van der Waals surface area contributed by atoms with Crippen molar-refractivity contribution in [2.24, 2.45) is 16.7 Å². The molecule has 1 nitrogen and oxygen atoms in total. The third kappa shape index (κ3) is 1.43. The standard InChI is InChI=1S/C16H21ClOS/c1-15(2)12-8-9-16(15)11-19(17,18-14(16)10-12)13-6-4-3-5-7-13/h3-7,12,14H,8-11H2,1-2H3/t12-,14-,16-/m1/s1. The van der Waals surface area contributed by atoms with Gasteiger partial charge < -0.3 is 4.18 Å². The van der Waals surface area contributed by atoms with Gasteiger partial charge in [0.05, 0.1) is 6.10 Å². The van der Waals surface area contributed by atoms with Crippen molar-refractivity contribution >= 4 is 20.2 Å². The first kappa shape index (κ1) is 12.6. The summed E-state index contributed by atoms with van der Waals surface area (Å²) in [5, 5.41) is 0. The van der Waals surface area contributed by atoms with Crippen molar-refractivity contribution in [2.45, 2.75) is 44.1 Å². The zero-order valence-electron chi connectivity index (χ0n) is 11.6. The Labute approximate surface area is 121 Å². The van der Waals surface area contributed by atoms with Crippen LogP contribution in [0.4, 0.5) is 0 Å². The highest BCUT2D eigenvalue weighted by atomic mass is 35.7. The van der Waals surface area contributed by atoms with Crippen LogP contribution in [0.1, 0.15) is 33.1 Å². The lowest BCUT2D eigenvalue weighted by Gasteiger charge is -2.37. The van der Waals surface area contributed by atoms with Gasteiger partial charge in [-0.25, -0.2) is 0 Å². The fourth-order valence-corrected chi connectivity index (χ4v) is 8.85. The van der Waals surface area contributed by atoms with Crippen molar-refractivity contribution in [3.05, 3.63) is 30.3 Å². The van der Waals surface area contributed by atoms with E-state index in [2.05, 4.69) is 38.1 Å². The third-order valence-electron chi connectivity index (χ3n) is 6.16. The highest BCUT2D eigenvalue weighted by Crippen LogP contribution is 2.80. The Morgan fingerprint density at radius 1 is 1.26 bits per heavy atom. The van der Waals surface area contributed by atoms with Crippen LogP contribution >= 0.6 is 20.2 Å². The van der Waals surface area contributed by atoms with Gasteiger partial charge in [-0.1, -0.05) is 32.0 Å². The van der Waals surface area contributed by atoms with Gasteiger partial charge in [-0.15, -0.1) is 0 Å². The first-order valence-electron chi connectivity index (χ1n) is 7.22. The topological polar surface area (TPSA) is 9.23 Å². The lowest BCUT2D eigenvalue weighted by molar-refractivity contribution is 0.0735. The zero-order valence-corrected chi connectivity index (χ0v) is 13.1. The average molecular weight is 297 g/mol. The molecule has 0 radical (unpaired) electrons. The van der Waals surface area contributed by atoms with Gasteiger partial charge >= 0.3 is 0 Å². The summed E-state index contributed by atoms with van der Waals surface area (Å²) in [5.74, 6) is 1.90. The molecular formula is C16H21ClOS. The number of rotatable bonds is 1. The maximum absolute atomic E-state index is 6.97. The molecule has 2 aliphatic carbocycles. The van der Waals surface area contributed by atoms with Crippen LogP contribution in [0.2, 0.25) is 0 Å². The van der Waals surface area contributed by atoms with E-state index in [0.717, 1.165) is 11.7 Å². The van der Waals surface area contributed by atoms with Crippen molar-refractivity contribution in [3.63, 3.8) is 0 Å². The predicted molar refractivity (Wildman–Crippen MR) is 81.4 cm³/mol. The van der Waals surface area contributed by atoms with Crippen LogP contribution in [-0.4, -0.2) is 11.9 Å². The van der Waals surface area contributed by atoms with E-state index in [-0.39, 0.29) is 0 Å². The van der Waals surface area contributed by atoms with Gasteiger partial charge in [-0.05, 0) is 62.9 Å². The number of fused-ring (bicyclic) bond motifs is 1. The lowest BCUT2D eigenvalue weighted by atomic mass is 9.70. The molecule has 1 aromatic carbocycles. The highest BCUT2D eigenvalue weighted by Gasteiger charge is 2.70. The van der Waals surface area contributed by atoms with Crippen LogP contribution in [0.3, 0.4) is 0 Å². The summed E-state index contributed by atoms with van der Waals surface area (Å²) in [6.45, 7) is 4.89. The van der Waals surface area contributed by atoms with Crippen LogP contribution in [-0.2, 0) is 4.18 Å². The van der Waals surface area contributed by atoms with Crippen LogP contribution in [0.25, 0.3) is 0 Å². The van der Waals surface area contributed by atoms with Crippen molar-refractivity contribution in [1.29, 1.82) is 0 Å². The molecule has 2 bridgehead atoms. The molecule has 19 heavy (non-hydrogen) atoms. The summed E-state index contributed by atoms with van der Waals surface area (Å²) in [6.07, 6.45) is 4.30. The molecule has 1 aliphatic heterocycles. The minimum absolute atomic E-state index is 0.338. The Bertz CT molecular complexity index is 517. The fourth-order valence-electron chi connectivity index (χ4n) is 4.79. The predicted octanol–water partition coefficient (Wildman–Crippen LogP) is 5.14. The van der Waals surface area contributed by atoms with E-state index in [9.17, 15) is 0 Å². The molecule has 1 unspecified atom stereocenters. The van der Waals surface area contributed by atoms with E-state index in [4.69, 9.17) is 14.9 Å². The molecule has 3 heteroatoms. The van der Waals surface area contributed by atoms with Gasteiger partial charge in [0.25, 0.3) is 0 Å². The summed E-state index contributed by atoms with van der Waals surface area (Å²) < 4.78 is 6.47. The smallest absolute Gasteiger partial charge is 0.0792 e. The Balaban J connectivity index is 1.75. The quantitative estimate of drug-likeness (QED) is 0.697. The van der Waals surface area contributed by atoms with E-state index >= 15 is 0 Å². The van der Waals surface area contributed by atoms with E-state index in [0.29, 0.717) is 16.9 Å². The number of hydrogen-bond acceptors (Lipinski definition) is 1. The molecule has 1 spiro atoms. The summed E-state index contributed by atoms with van der Waals surface area (Å²) in [6, 6.07) is 10.5. The monoisotopic (exact) mass is 296 g/mol. The molecule has 2 saturated carbocycles. The average Bonchev–Trinajstić information content (AvgIpc) is 2.91. The minimum Gasteiger partial charge on any atom is -0.315 e. The van der Waals surface area contributed by atoms with E-state index in [1.807, 2.05) is 6.07 Å². The second kappa shape index (κ2) is 3.72. The van der Waals surface area contributed by atoms with Gasteiger partial charge in [0.1, 0.15) is 0 Å². The second-order valence-electron chi connectivity index (χ2n) is 6.99. The minimum atomic E-state index is -1.58. The van der Waals surface area contributed by atoms with Gasteiger partial charge in [0.15, 0.2) is 0 Å². The van der Waals surface area contributed by atoms with Gasteiger partial charge in [0.2, 0.25) is 0 Å². The maximum atomic E-state index is 6.97. The lowest BCUT2D eigenvalue weighted by Crippen LogP contribution is -2.37. The molecule has 0 N–H and O–H groups in total. The molecule has 1 aromatic rings. The maximum Gasteiger partial charge on any atom is 0.0792 e. The van der Waals surface area contributed by atoms with Crippen LogP contribution in [0, 0.1) is 16.7 Å². The Morgan fingerprint density at radius 2 is 2.00 bits per heavy atom. The molecule has 3 aliphatic rings. The van der Waals surface area contributed by atoms with Gasteiger partial charge in [0, 0.05) is 16.1 Å². The number of halogens is 1. The molecule has 3 fully saturated rings. The Kier molecular flexibility index (Phi) is 2.46. The Morgan fingerprint density at radius 3 is 2.63 bits per heavy atom. The number of benzene rings is 1. The Hall–Kier alpha value is -0.180. The molecular weight excluding hydrogens is 276 g/mol. The molecule has 1 heterocycles. The molecule has 4 rings (SSSR count). The van der Waals surface area contributed by atoms with E-state index in [1.165, 1.54) is 24.2 Å². The van der Waals surface area contributed by atoms with E-state index < -0.39 is 9.52 Å². The molecule has 4 atom stereocenters. The van der Waals surface area contributed by atoms with Crippen LogP contribution in [0.15, 0.2) is 35.2 Å². The summed E-state index contributed by atoms with van der Waals surface area (Å²) >= 11 is 0. The SMILES string of the molecule is CC1(C)[C@@H]2CC[C@]13CS(Cl)(c1ccccc1)O[C@@H]3C2. The van der Waals surface area contributed by atoms with Gasteiger partial charge in [-0.2, -0.15) is 0 Å².